The number of amides is 1. The maximum Gasteiger partial charge on any atom is 0.410 e. The molecular formula is C14H18BrN2O4-. The molecule has 1 aromatic rings. The van der Waals surface area contributed by atoms with Gasteiger partial charge in [0, 0.05) is 23.5 Å². The van der Waals surface area contributed by atoms with Crippen molar-refractivity contribution in [2.75, 3.05) is 18.6 Å². The molecule has 1 amide bonds. The standard InChI is InChI=1S/C14H19BrN2O4/c1-14(2,3)21-13(19)17-6-9(7-17)8-4-10(15)12(18)11(5-8)16-20/h4-5,9,16,18,20H,6-7H2,1-3H3/p-1. The van der Waals surface area contributed by atoms with Crippen LogP contribution in [0.1, 0.15) is 32.3 Å². The Kier molecular flexibility index (Phi) is 4.34. The number of halogens is 1. The lowest BCUT2D eigenvalue weighted by Crippen LogP contribution is -2.50. The predicted molar refractivity (Wildman–Crippen MR) is 79.5 cm³/mol. The van der Waals surface area contributed by atoms with Gasteiger partial charge in [-0.3, -0.25) is 10.7 Å². The van der Waals surface area contributed by atoms with Crippen molar-refractivity contribution in [3.8, 4) is 5.75 Å². The molecule has 1 aliphatic heterocycles. The van der Waals surface area contributed by atoms with Crippen molar-refractivity contribution < 1.29 is 19.8 Å². The van der Waals surface area contributed by atoms with Crippen LogP contribution in [0.25, 0.3) is 0 Å². The number of likely N-dealkylation sites (tertiary alicyclic amines) is 1. The summed E-state index contributed by atoms with van der Waals surface area (Å²) in [5.74, 6) is -0.175. The Hall–Kier alpha value is -1.47. The van der Waals surface area contributed by atoms with E-state index in [1.54, 1.807) is 17.0 Å². The molecule has 6 nitrogen and oxygen atoms in total. The minimum Gasteiger partial charge on any atom is -0.870 e. The molecule has 116 valence electrons. The van der Waals surface area contributed by atoms with E-state index < -0.39 is 5.60 Å². The number of hydrogen-bond acceptors (Lipinski definition) is 5. The lowest BCUT2D eigenvalue weighted by Gasteiger charge is -2.40. The first-order valence-electron chi connectivity index (χ1n) is 6.60. The first-order chi connectivity index (χ1) is 9.71. The Morgan fingerprint density at radius 3 is 2.62 bits per heavy atom. The molecule has 0 aromatic heterocycles. The number of anilines is 1. The normalized spacial score (nSPS) is 15.6. The van der Waals surface area contributed by atoms with Crippen molar-refractivity contribution in [3.05, 3.63) is 22.2 Å². The molecule has 0 aliphatic carbocycles. The van der Waals surface area contributed by atoms with E-state index in [1.807, 2.05) is 26.3 Å². The van der Waals surface area contributed by atoms with Gasteiger partial charge in [-0.1, -0.05) is 21.7 Å². The number of benzene rings is 1. The summed E-state index contributed by atoms with van der Waals surface area (Å²) in [4.78, 5) is 13.5. The van der Waals surface area contributed by atoms with Gasteiger partial charge in [0.05, 0.1) is 5.69 Å². The van der Waals surface area contributed by atoms with Crippen molar-refractivity contribution in [1.29, 1.82) is 0 Å². The van der Waals surface area contributed by atoms with Gasteiger partial charge in [-0.15, -0.1) is 0 Å². The van der Waals surface area contributed by atoms with Gasteiger partial charge >= 0.3 is 6.09 Å². The third-order valence-electron chi connectivity index (χ3n) is 3.19. The summed E-state index contributed by atoms with van der Waals surface area (Å²) >= 11 is 3.17. The maximum atomic E-state index is 11.9. The van der Waals surface area contributed by atoms with E-state index in [0.29, 0.717) is 17.6 Å². The van der Waals surface area contributed by atoms with Crippen LogP contribution in [-0.2, 0) is 4.74 Å². The quantitative estimate of drug-likeness (QED) is 0.794. The molecule has 0 unspecified atom stereocenters. The van der Waals surface area contributed by atoms with Crippen LogP contribution in [0.3, 0.4) is 0 Å². The van der Waals surface area contributed by atoms with Crippen LogP contribution in [0, 0.1) is 0 Å². The summed E-state index contributed by atoms with van der Waals surface area (Å²) < 4.78 is 5.67. The number of carbonyl (C=O) groups is 1. The topological polar surface area (TPSA) is 84.9 Å². The van der Waals surface area contributed by atoms with Crippen LogP contribution in [0.15, 0.2) is 16.6 Å². The van der Waals surface area contributed by atoms with Crippen LogP contribution in [0.2, 0.25) is 0 Å². The fraction of sp³-hybridized carbons (Fsp3) is 0.500. The van der Waals surface area contributed by atoms with Gasteiger partial charge < -0.3 is 14.7 Å². The highest BCUT2D eigenvalue weighted by Gasteiger charge is 2.34. The van der Waals surface area contributed by atoms with Gasteiger partial charge in [-0.05, 0) is 38.5 Å². The van der Waals surface area contributed by atoms with Crippen LogP contribution in [0.5, 0.6) is 5.75 Å². The van der Waals surface area contributed by atoms with Crippen LogP contribution >= 0.6 is 15.9 Å². The average molecular weight is 358 g/mol. The number of rotatable bonds is 2. The first-order valence-corrected chi connectivity index (χ1v) is 7.39. The third-order valence-corrected chi connectivity index (χ3v) is 3.78. The van der Waals surface area contributed by atoms with Gasteiger partial charge in [-0.25, -0.2) is 4.79 Å². The highest BCUT2D eigenvalue weighted by atomic mass is 79.9. The third kappa shape index (κ3) is 3.59. The van der Waals surface area contributed by atoms with Crippen LogP contribution < -0.4 is 10.6 Å². The number of carbonyl (C=O) groups excluding carboxylic acids is 1. The van der Waals surface area contributed by atoms with E-state index in [2.05, 4.69) is 15.9 Å². The molecule has 1 heterocycles. The molecule has 0 spiro atoms. The van der Waals surface area contributed by atoms with Gasteiger partial charge in [0.2, 0.25) is 0 Å². The Balaban J connectivity index is 2.02. The van der Waals surface area contributed by atoms with Crippen molar-refractivity contribution in [2.24, 2.45) is 0 Å². The Bertz CT molecular complexity index is 551. The van der Waals surface area contributed by atoms with E-state index in [-0.39, 0.29) is 23.4 Å². The second kappa shape index (κ2) is 5.73. The highest BCUT2D eigenvalue weighted by Crippen LogP contribution is 2.36. The minimum atomic E-state index is -0.511. The summed E-state index contributed by atoms with van der Waals surface area (Å²) in [7, 11) is 0. The summed E-state index contributed by atoms with van der Waals surface area (Å²) in [6, 6.07) is 3.32. The van der Waals surface area contributed by atoms with Crippen molar-refractivity contribution in [2.45, 2.75) is 32.3 Å². The Morgan fingerprint density at radius 1 is 1.48 bits per heavy atom. The molecule has 1 saturated heterocycles. The largest absolute Gasteiger partial charge is 0.870 e. The van der Waals surface area contributed by atoms with E-state index >= 15 is 0 Å². The molecule has 1 fully saturated rings. The van der Waals surface area contributed by atoms with Crippen molar-refractivity contribution in [3.63, 3.8) is 0 Å². The van der Waals surface area contributed by atoms with E-state index in [9.17, 15) is 9.90 Å². The smallest absolute Gasteiger partial charge is 0.410 e. The summed E-state index contributed by atoms with van der Waals surface area (Å²) in [6.45, 7) is 6.54. The number of ether oxygens (including phenoxy) is 1. The number of nitrogens with zero attached hydrogens (tertiary/aromatic N) is 1. The van der Waals surface area contributed by atoms with E-state index in [0.717, 1.165) is 5.56 Å². The van der Waals surface area contributed by atoms with Crippen LogP contribution in [0.4, 0.5) is 10.5 Å². The molecule has 0 bridgehead atoms. The summed E-state index contributed by atoms with van der Waals surface area (Å²) in [5.41, 5.74) is 2.39. The molecule has 0 saturated carbocycles. The van der Waals surface area contributed by atoms with E-state index in [4.69, 9.17) is 9.94 Å². The van der Waals surface area contributed by atoms with Gasteiger partial charge in [0.25, 0.3) is 0 Å². The van der Waals surface area contributed by atoms with Crippen molar-refractivity contribution >= 4 is 27.7 Å². The zero-order valence-electron chi connectivity index (χ0n) is 12.1. The molecule has 2 rings (SSSR count). The fourth-order valence-corrected chi connectivity index (χ4v) is 2.58. The zero-order valence-corrected chi connectivity index (χ0v) is 13.7. The molecule has 2 N–H and O–H groups in total. The number of hydrogen-bond donors (Lipinski definition) is 2. The minimum absolute atomic E-state index is 0.120. The summed E-state index contributed by atoms with van der Waals surface area (Å²) in [6.07, 6.45) is -0.334. The molecule has 1 aliphatic rings. The molecule has 21 heavy (non-hydrogen) atoms. The molecular weight excluding hydrogens is 340 g/mol. The second-order valence-corrected chi connectivity index (χ2v) is 6.93. The van der Waals surface area contributed by atoms with Crippen LogP contribution in [-0.4, -0.2) is 34.9 Å². The lowest BCUT2D eigenvalue weighted by molar-refractivity contribution is -0.268. The lowest BCUT2D eigenvalue weighted by atomic mass is 9.91. The molecule has 0 radical (unpaired) electrons. The first kappa shape index (κ1) is 15.9. The van der Waals surface area contributed by atoms with Crippen molar-refractivity contribution in [1.82, 2.24) is 4.90 Å². The van der Waals surface area contributed by atoms with Gasteiger partial charge in [0.1, 0.15) is 5.60 Å². The second-order valence-electron chi connectivity index (χ2n) is 6.07. The Labute approximate surface area is 131 Å². The fourth-order valence-electron chi connectivity index (χ4n) is 2.10. The van der Waals surface area contributed by atoms with E-state index in [1.165, 1.54) is 0 Å². The predicted octanol–water partition coefficient (Wildman–Crippen LogP) is 2.66. The van der Waals surface area contributed by atoms with Gasteiger partial charge in [-0.2, -0.15) is 0 Å². The molecule has 0 atom stereocenters. The molecule has 7 heteroatoms. The zero-order chi connectivity index (χ0) is 15.8. The molecule has 1 aromatic carbocycles. The number of nitrogens with one attached hydrogen (secondary N) is 1. The summed E-state index contributed by atoms with van der Waals surface area (Å²) in [5, 5.41) is 20.6. The highest BCUT2D eigenvalue weighted by molar-refractivity contribution is 9.10. The average Bonchev–Trinajstić information content (AvgIpc) is 2.29. The Morgan fingerprint density at radius 2 is 2.10 bits per heavy atom. The monoisotopic (exact) mass is 357 g/mol. The van der Waals surface area contributed by atoms with Gasteiger partial charge in [0.15, 0.2) is 0 Å². The SMILES string of the molecule is CC(C)(C)OC(=O)N1CC(c2cc(Br)c([O-])c(NO)c2)C1. The maximum absolute atomic E-state index is 11.9.